The molecule has 0 aromatic carbocycles. The molecule has 1 aliphatic rings. The van der Waals surface area contributed by atoms with Crippen molar-refractivity contribution >= 4 is 5.97 Å². The number of halogens is 1. The number of nitrogens with one attached hydrogen (secondary N) is 1. The van der Waals surface area contributed by atoms with Gasteiger partial charge in [-0.2, -0.15) is 4.39 Å². The number of carbonyl (C=O) groups excluding carboxylic acids is 1. The summed E-state index contributed by atoms with van der Waals surface area (Å²) in [5, 5.41) is 2.97. The van der Waals surface area contributed by atoms with Gasteiger partial charge in [-0.05, 0) is 39.3 Å². The molecule has 0 aromatic heterocycles. The molecule has 0 unspecified atom stereocenters. The van der Waals surface area contributed by atoms with Crippen molar-refractivity contribution in [2.75, 3.05) is 13.1 Å². The summed E-state index contributed by atoms with van der Waals surface area (Å²) in [5.74, 6) is -1.58. The zero-order valence-corrected chi connectivity index (χ0v) is 8.82. The van der Waals surface area contributed by atoms with Crippen LogP contribution in [0.4, 0.5) is 4.39 Å². The van der Waals surface area contributed by atoms with Crippen molar-refractivity contribution in [3.63, 3.8) is 0 Å². The lowest BCUT2D eigenvalue weighted by Gasteiger charge is -2.19. The zero-order chi connectivity index (χ0) is 10.8. The number of carbonyl (C=O) groups is 1. The Morgan fingerprint density at radius 2 is 2.14 bits per heavy atom. The van der Waals surface area contributed by atoms with E-state index in [9.17, 15) is 9.18 Å². The van der Waals surface area contributed by atoms with Gasteiger partial charge in [0, 0.05) is 6.54 Å². The molecule has 0 spiro atoms. The molecule has 3 nitrogen and oxygen atoms in total. The third-order valence-electron chi connectivity index (χ3n) is 1.83. The van der Waals surface area contributed by atoms with Crippen molar-refractivity contribution in [1.82, 2.24) is 5.32 Å². The van der Waals surface area contributed by atoms with Gasteiger partial charge in [-0.25, -0.2) is 4.79 Å². The quantitative estimate of drug-likeness (QED) is 0.516. The first-order valence-electron chi connectivity index (χ1n) is 4.72. The summed E-state index contributed by atoms with van der Waals surface area (Å²) < 4.78 is 18.3. The van der Waals surface area contributed by atoms with Crippen molar-refractivity contribution < 1.29 is 13.9 Å². The molecular weight excluding hydrogens is 185 g/mol. The van der Waals surface area contributed by atoms with Gasteiger partial charge >= 0.3 is 5.97 Å². The first-order valence-corrected chi connectivity index (χ1v) is 4.72. The van der Waals surface area contributed by atoms with Crippen molar-refractivity contribution in [3.8, 4) is 0 Å². The maximum absolute atomic E-state index is 13.4. The highest BCUT2D eigenvalue weighted by Gasteiger charge is 2.24. The van der Waals surface area contributed by atoms with Crippen molar-refractivity contribution in [3.05, 3.63) is 11.4 Å². The molecule has 0 bridgehead atoms. The number of hydrogen-bond acceptors (Lipinski definition) is 3. The second-order valence-electron chi connectivity index (χ2n) is 4.35. The molecule has 1 heterocycles. The molecule has 0 atom stereocenters. The molecule has 14 heavy (non-hydrogen) atoms. The van der Waals surface area contributed by atoms with E-state index in [1.54, 1.807) is 20.8 Å². The minimum absolute atomic E-state index is 0.449. The average Bonchev–Trinajstić information content (AvgIpc) is 2.51. The van der Waals surface area contributed by atoms with E-state index in [2.05, 4.69) is 5.32 Å². The summed E-state index contributed by atoms with van der Waals surface area (Å²) in [5.41, 5.74) is -0.125. The van der Waals surface area contributed by atoms with E-state index < -0.39 is 17.4 Å². The molecule has 1 fully saturated rings. The van der Waals surface area contributed by atoms with Crippen LogP contribution in [0.3, 0.4) is 0 Å². The molecule has 0 saturated carbocycles. The van der Waals surface area contributed by atoms with Gasteiger partial charge in [0.05, 0.1) is 0 Å². The molecule has 1 N–H and O–H groups in total. The molecule has 0 aliphatic carbocycles. The molecule has 1 rings (SSSR count). The predicted molar refractivity (Wildman–Crippen MR) is 51.5 cm³/mol. The average molecular weight is 201 g/mol. The van der Waals surface area contributed by atoms with Crippen LogP contribution < -0.4 is 5.32 Å². The van der Waals surface area contributed by atoms with Gasteiger partial charge in [0.1, 0.15) is 5.60 Å². The van der Waals surface area contributed by atoms with Crippen molar-refractivity contribution in [2.45, 2.75) is 32.8 Å². The normalized spacial score (nSPS) is 20.9. The Kier molecular flexibility index (Phi) is 3.26. The number of ether oxygens (including phenoxy) is 1. The van der Waals surface area contributed by atoms with E-state index in [1.807, 2.05) is 0 Å². The lowest BCUT2D eigenvalue weighted by Crippen LogP contribution is -2.24. The van der Waals surface area contributed by atoms with Crippen LogP contribution in [-0.4, -0.2) is 24.7 Å². The van der Waals surface area contributed by atoms with Crippen molar-refractivity contribution in [2.24, 2.45) is 0 Å². The molecular formula is C10H16FNO2. The van der Waals surface area contributed by atoms with Gasteiger partial charge in [0.25, 0.3) is 0 Å². The van der Waals surface area contributed by atoms with Gasteiger partial charge in [-0.1, -0.05) is 0 Å². The van der Waals surface area contributed by atoms with E-state index in [0.717, 1.165) is 6.54 Å². The van der Waals surface area contributed by atoms with Gasteiger partial charge in [-0.3, -0.25) is 0 Å². The smallest absolute Gasteiger partial charge is 0.367 e. The summed E-state index contributed by atoms with van der Waals surface area (Å²) in [6.07, 6.45) is 0.588. The van der Waals surface area contributed by atoms with Gasteiger partial charge in [-0.15, -0.1) is 0 Å². The highest BCUT2D eigenvalue weighted by Crippen LogP contribution is 2.18. The standard InChI is InChI=1S/C10H16FNO2/c1-10(2,3)14-9(13)8(11)7-4-5-12-6-7/h12H,4-6H2,1-3H3/b8-7-. The van der Waals surface area contributed by atoms with E-state index in [-0.39, 0.29) is 0 Å². The van der Waals surface area contributed by atoms with Crippen LogP contribution in [0.2, 0.25) is 0 Å². The fraction of sp³-hybridized carbons (Fsp3) is 0.700. The minimum atomic E-state index is -0.851. The summed E-state index contributed by atoms with van der Waals surface area (Å²) in [6, 6.07) is 0. The summed E-state index contributed by atoms with van der Waals surface area (Å²) in [6.45, 7) is 6.33. The first kappa shape index (κ1) is 11.2. The van der Waals surface area contributed by atoms with Crippen LogP contribution >= 0.6 is 0 Å². The SMILES string of the molecule is CC(C)(C)OC(=O)/C(F)=C1\CCNC1. The largest absolute Gasteiger partial charge is 0.455 e. The Bertz CT molecular complexity index is 258. The van der Waals surface area contributed by atoms with Crippen LogP contribution in [0.25, 0.3) is 0 Å². The second-order valence-corrected chi connectivity index (χ2v) is 4.35. The molecule has 0 aromatic rings. The lowest BCUT2D eigenvalue weighted by molar-refractivity contribution is -0.151. The van der Waals surface area contributed by atoms with E-state index >= 15 is 0 Å². The highest BCUT2D eigenvalue weighted by molar-refractivity contribution is 5.87. The molecule has 1 aliphatic heterocycles. The minimum Gasteiger partial charge on any atom is -0.455 e. The number of hydrogen-bond donors (Lipinski definition) is 1. The Labute approximate surface area is 83.3 Å². The van der Waals surface area contributed by atoms with Gasteiger partial charge < -0.3 is 10.1 Å². The molecule has 80 valence electrons. The fourth-order valence-corrected chi connectivity index (χ4v) is 1.22. The first-order chi connectivity index (χ1) is 6.40. The fourth-order valence-electron chi connectivity index (χ4n) is 1.22. The molecule has 0 amide bonds. The van der Waals surface area contributed by atoms with E-state index in [4.69, 9.17) is 4.74 Å². The summed E-state index contributed by atoms with van der Waals surface area (Å²) >= 11 is 0. The lowest BCUT2D eigenvalue weighted by atomic mass is 10.2. The third kappa shape index (κ3) is 3.10. The second kappa shape index (κ2) is 4.09. The summed E-state index contributed by atoms with van der Waals surface area (Å²) in [7, 11) is 0. The highest BCUT2D eigenvalue weighted by atomic mass is 19.1. The van der Waals surface area contributed by atoms with Crippen LogP contribution in [-0.2, 0) is 9.53 Å². The maximum atomic E-state index is 13.4. The van der Waals surface area contributed by atoms with Crippen LogP contribution in [0, 0.1) is 0 Å². The molecule has 0 radical (unpaired) electrons. The monoisotopic (exact) mass is 201 g/mol. The van der Waals surface area contributed by atoms with Gasteiger partial charge in [0.2, 0.25) is 5.83 Å². The van der Waals surface area contributed by atoms with Crippen LogP contribution in [0.15, 0.2) is 11.4 Å². The Morgan fingerprint density at radius 3 is 2.57 bits per heavy atom. The number of esters is 1. The van der Waals surface area contributed by atoms with E-state index in [1.165, 1.54) is 0 Å². The Balaban J connectivity index is 2.65. The summed E-state index contributed by atoms with van der Waals surface area (Å²) in [4.78, 5) is 11.3. The zero-order valence-electron chi connectivity index (χ0n) is 8.82. The number of rotatable bonds is 1. The Morgan fingerprint density at radius 1 is 1.50 bits per heavy atom. The van der Waals surface area contributed by atoms with E-state index in [0.29, 0.717) is 18.5 Å². The molecule has 1 saturated heterocycles. The third-order valence-corrected chi connectivity index (χ3v) is 1.83. The topological polar surface area (TPSA) is 38.3 Å². The van der Waals surface area contributed by atoms with Gasteiger partial charge in [0.15, 0.2) is 0 Å². The maximum Gasteiger partial charge on any atom is 0.367 e. The van der Waals surface area contributed by atoms with Crippen LogP contribution in [0.1, 0.15) is 27.2 Å². The predicted octanol–water partition coefficient (Wildman–Crippen LogP) is 1.54. The van der Waals surface area contributed by atoms with Crippen molar-refractivity contribution in [1.29, 1.82) is 0 Å². The molecule has 4 heteroatoms. The van der Waals surface area contributed by atoms with Crippen LogP contribution in [0.5, 0.6) is 0 Å². The Hall–Kier alpha value is -0.900.